The van der Waals surface area contributed by atoms with E-state index in [1.807, 2.05) is 12.4 Å². The molecule has 2 nitrogen and oxygen atoms in total. The van der Waals surface area contributed by atoms with E-state index in [4.69, 9.17) is 11.6 Å². The summed E-state index contributed by atoms with van der Waals surface area (Å²) in [5.41, 5.74) is 2.76. The van der Waals surface area contributed by atoms with Crippen LogP contribution in [0.15, 0.2) is 30.6 Å². The number of anilines is 1. The molecule has 4 heteroatoms. The van der Waals surface area contributed by atoms with Gasteiger partial charge in [0, 0.05) is 42.0 Å². The average molecular weight is 307 g/mol. The summed E-state index contributed by atoms with van der Waals surface area (Å²) in [6.45, 7) is 8.81. The van der Waals surface area contributed by atoms with Crippen LogP contribution in [0.1, 0.15) is 37.1 Å². The number of aromatic nitrogens is 1. The van der Waals surface area contributed by atoms with E-state index in [2.05, 4.69) is 48.9 Å². The monoisotopic (exact) mass is 306 g/mol. The van der Waals surface area contributed by atoms with Crippen molar-refractivity contribution < 1.29 is 0 Å². The Morgan fingerprint density at radius 3 is 2.45 bits per heavy atom. The third kappa shape index (κ3) is 2.57. The van der Waals surface area contributed by atoms with Crippen molar-refractivity contribution in [3.05, 3.63) is 45.4 Å². The second-order valence-electron chi connectivity index (χ2n) is 6.40. The van der Waals surface area contributed by atoms with E-state index in [1.165, 1.54) is 16.1 Å². The van der Waals surface area contributed by atoms with Crippen LogP contribution in [-0.4, -0.2) is 18.1 Å². The van der Waals surface area contributed by atoms with Crippen LogP contribution in [0.3, 0.4) is 0 Å². The third-order valence-electron chi connectivity index (χ3n) is 3.80. The Hall–Kier alpha value is -1.06. The van der Waals surface area contributed by atoms with Gasteiger partial charge in [0.05, 0.1) is 4.34 Å². The van der Waals surface area contributed by atoms with Gasteiger partial charge in [-0.05, 0) is 29.2 Å². The SMILES string of the molecule is CC(C)(C)c1cc(C2CN(c3ccncc3)C2)c(Cl)s1. The highest BCUT2D eigenvalue weighted by molar-refractivity contribution is 7.16. The van der Waals surface area contributed by atoms with E-state index >= 15 is 0 Å². The van der Waals surface area contributed by atoms with E-state index in [-0.39, 0.29) is 5.41 Å². The predicted octanol–water partition coefficient (Wildman–Crippen LogP) is 4.70. The van der Waals surface area contributed by atoms with Crippen LogP contribution < -0.4 is 4.90 Å². The number of hydrogen-bond acceptors (Lipinski definition) is 3. The lowest BCUT2D eigenvalue weighted by atomic mass is 9.89. The lowest BCUT2D eigenvalue weighted by molar-refractivity contribution is 0.525. The molecule has 0 N–H and O–H groups in total. The molecule has 0 saturated carbocycles. The Labute approximate surface area is 129 Å². The van der Waals surface area contributed by atoms with Crippen LogP contribution >= 0.6 is 22.9 Å². The summed E-state index contributed by atoms with van der Waals surface area (Å²) in [6.07, 6.45) is 3.69. The lowest BCUT2D eigenvalue weighted by Gasteiger charge is -2.41. The lowest BCUT2D eigenvalue weighted by Crippen LogP contribution is -2.45. The molecule has 0 aromatic carbocycles. The van der Waals surface area contributed by atoms with Gasteiger partial charge in [0.1, 0.15) is 0 Å². The largest absolute Gasteiger partial charge is 0.370 e. The zero-order valence-corrected chi connectivity index (χ0v) is 13.6. The predicted molar refractivity (Wildman–Crippen MR) is 87.2 cm³/mol. The molecule has 0 atom stereocenters. The van der Waals surface area contributed by atoms with Gasteiger partial charge in [-0.2, -0.15) is 0 Å². The first-order valence-electron chi connectivity index (χ1n) is 6.90. The van der Waals surface area contributed by atoms with E-state index in [0.29, 0.717) is 5.92 Å². The van der Waals surface area contributed by atoms with Gasteiger partial charge in [-0.1, -0.05) is 32.4 Å². The van der Waals surface area contributed by atoms with Gasteiger partial charge in [0.2, 0.25) is 0 Å². The van der Waals surface area contributed by atoms with Crippen molar-refractivity contribution in [3.63, 3.8) is 0 Å². The maximum Gasteiger partial charge on any atom is 0.0967 e. The number of rotatable bonds is 2. The summed E-state index contributed by atoms with van der Waals surface area (Å²) in [5.74, 6) is 0.558. The van der Waals surface area contributed by atoms with Crippen LogP contribution in [0.2, 0.25) is 4.34 Å². The summed E-state index contributed by atoms with van der Waals surface area (Å²) in [5, 5.41) is 0. The Bertz CT molecular complexity index is 595. The van der Waals surface area contributed by atoms with Crippen molar-refractivity contribution >= 4 is 28.6 Å². The maximum absolute atomic E-state index is 6.44. The summed E-state index contributed by atoms with van der Waals surface area (Å²) in [6, 6.07) is 6.43. The molecule has 1 saturated heterocycles. The van der Waals surface area contributed by atoms with Crippen molar-refractivity contribution in [1.29, 1.82) is 0 Å². The smallest absolute Gasteiger partial charge is 0.0967 e. The minimum Gasteiger partial charge on any atom is -0.370 e. The molecule has 3 heterocycles. The van der Waals surface area contributed by atoms with E-state index < -0.39 is 0 Å². The molecule has 0 spiro atoms. The number of nitrogens with zero attached hydrogens (tertiary/aromatic N) is 2. The van der Waals surface area contributed by atoms with Crippen molar-refractivity contribution in [1.82, 2.24) is 4.98 Å². The van der Waals surface area contributed by atoms with E-state index in [0.717, 1.165) is 17.4 Å². The molecule has 0 aliphatic carbocycles. The highest BCUT2D eigenvalue weighted by Crippen LogP contribution is 2.42. The molecule has 1 aliphatic heterocycles. The fourth-order valence-corrected chi connectivity index (χ4v) is 3.96. The van der Waals surface area contributed by atoms with Gasteiger partial charge in [0.15, 0.2) is 0 Å². The number of thiophene rings is 1. The van der Waals surface area contributed by atoms with Crippen LogP contribution in [0.25, 0.3) is 0 Å². The second-order valence-corrected chi connectivity index (χ2v) is 8.05. The molecule has 2 aromatic rings. The molecule has 2 aromatic heterocycles. The summed E-state index contributed by atoms with van der Waals surface area (Å²) in [7, 11) is 0. The fourth-order valence-electron chi connectivity index (χ4n) is 2.47. The van der Waals surface area contributed by atoms with Crippen LogP contribution in [0, 0.1) is 0 Å². The zero-order chi connectivity index (χ0) is 14.3. The first kappa shape index (κ1) is 13.9. The van der Waals surface area contributed by atoms with Gasteiger partial charge < -0.3 is 4.90 Å². The second kappa shape index (κ2) is 5.05. The molecule has 0 amide bonds. The Balaban J connectivity index is 1.73. The summed E-state index contributed by atoms with van der Waals surface area (Å²) < 4.78 is 0.967. The van der Waals surface area contributed by atoms with Crippen LogP contribution in [-0.2, 0) is 5.41 Å². The average Bonchev–Trinajstić information content (AvgIpc) is 2.71. The topological polar surface area (TPSA) is 16.1 Å². The molecule has 20 heavy (non-hydrogen) atoms. The third-order valence-corrected chi connectivity index (χ3v) is 5.62. The van der Waals surface area contributed by atoms with E-state index in [9.17, 15) is 0 Å². The Morgan fingerprint density at radius 2 is 1.90 bits per heavy atom. The van der Waals surface area contributed by atoms with Crippen LogP contribution in [0.5, 0.6) is 0 Å². The number of pyridine rings is 1. The van der Waals surface area contributed by atoms with Crippen molar-refractivity contribution in [2.45, 2.75) is 32.1 Å². The molecule has 0 radical (unpaired) electrons. The van der Waals surface area contributed by atoms with E-state index in [1.54, 1.807) is 11.3 Å². The first-order valence-corrected chi connectivity index (χ1v) is 8.09. The number of hydrogen-bond donors (Lipinski definition) is 0. The van der Waals surface area contributed by atoms with Gasteiger partial charge in [-0.15, -0.1) is 11.3 Å². The van der Waals surface area contributed by atoms with Gasteiger partial charge in [-0.25, -0.2) is 0 Å². The molecule has 3 rings (SSSR count). The molecule has 106 valence electrons. The number of halogens is 1. The van der Waals surface area contributed by atoms with Crippen LogP contribution in [0.4, 0.5) is 5.69 Å². The maximum atomic E-state index is 6.44. The molecular formula is C16H19ClN2S. The first-order chi connectivity index (χ1) is 9.45. The fraction of sp³-hybridized carbons (Fsp3) is 0.438. The molecular weight excluding hydrogens is 288 g/mol. The van der Waals surface area contributed by atoms with Gasteiger partial charge >= 0.3 is 0 Å². The summed E-state index contributed by atoms with van der Waals surface area (Å²) in [4.78, 5) is 7.81. The molecule has 0 bridgehead atoms. The van der Waals surface area contributed by atoms with Gasteiger partial charge in [0.25, 0.3) is 0 Å². The highest BCUT2D eigenvalue weighted by atomic mass is 35.5. The van der Waals surface area contributed by atoms with Crippen molar-refractivity contribution in [3.8, 4) is 0 Å². The summed E-state index contributed by atoms with van der Waals surface area (Å²) >= 11 is 8.18. The minimum absolute atomic E-state index is 0.182. The molecule has 0 unspecified atom stereocenters. The Morgan fingerprint density at radius 1 is 1.25 bits per heavy atom. The minimum atomic E-state index is 0.182. The molecule has 1 fully saturated rings. The highest BCUT2D eigenvalue weighted by Gasteiger charge is 2.32. The zero-order valence-electron chi connectivity index (χ0n) is 12.1. The Kier molecular flexibility index (Phi) is 3.51. The standard InChI is InChI=1S/C16H19ClN2S/c1-16(2,3)14-8-13(15(17)20-14)11-9-19(10-11)12-4-6-18-7-5-12/h4-8,11H,9-10H2,1-3H3. The van der Waals surface area contributed by atoms with Gasteiger partial charge in [-0.3, -0.25) is 4.98 Å². The quantitative estimate of drug-likeness (QED) is 0.799. The van der Waals surface area contributed by atoms with Crippen molar-refractivity contribution in [2.24, 2.45) is 0 Å². The molecule has 1 aliphatic rings. The van der Waals surface area contributed by atoms with Crippen molar-refractivity contribution in [2.75, 3.05) is 18.0 Å². The normalized spacial score (nSPS) is 16.3.